The molecule has 1 aliphatic carbocycles. The van der Waals surface area contributed by atoms with Crippen LogP contribution in [0.15, 0.2) is 243 Å². The van der Waals surface area contributed by atoms with Crippen molar-refractivity contribution < 1.29 is 5.48 Å². The summed E-state index contributed by atoms with van der Waals surface area (Å²) >= 11 is 0. The summed E-state index contributed by atoms with van der Waals surface area (Å²) in [6.07, 6.45) is 1.72. The quantitative estimate of drug-likeness (QED) is 0.105. The van der Waals surface area contributed by atoms with Gasteiger partial charge in [0.1, 0.15) is 0 Å². The molecule has 0 bridgehead atoms. The van der Waals surface area contributed by atoms with Gasteiger partial charge in [-0.2, -0.15) is 0 Å². The Bertz CT molecular complexity index is 3190. The molecule has 10 rings (SSSR count). The Balaban J connectivity index is 1.25. The smallest absolute Gasteiger partial charge is 0.0714 e. The van der Waals surface area contributed by atoms with E-state index in [0.29, 0.717) is 11.4 Å². The van der Waals surface area contributed by atoms with Crippen LogP contribution < -0.4 is 4.90 Å². The van der Waals surface area contributed by atoms with E-state index in [1.807, 2.05) is 83.8 Å². The zero-order valence-electron chi connectivity index (χ0n) is 35.8. The molecule has 0 fully saturated rings. The predicted molar refractivity (Wildman–Crippen MR) is 247 cm³/mol. The maximum atomic E-state index is 9.88. The predicted octanol–water partition coefficient (Wildman–Crippen LogP) is 14.9. The van der Waals surface area contributed by atoms with E-state index < -0.39 is 5.41 Å². The van der Waals surface area contributed by atoms with Gasteiger partial charge in [0, 0.05) is 17.1 Å². The molecule has 0 atom stereocenters. The van der Waals surface area contributed by atoms with Gasteiger partial charge in [-0.3, -0.25) is 0 Å². The van der Waals surface area contributed by atoms with Crippen LogP contribution in [0.4, 0.5) is 11.4 Å². The molecule has 1 nitrogen and oxygen atoms in total. The van der Waals surface area contributed by atoms with E-state index in [4.69, 9.17) is 1.37 Å². The lowest BCUT2D eigenvalue weighted by Crippen LogP contribution is -2.28. The molecule has 1 aliphatic rings. The lowest BCUT2D eigenvalue weighted by Gasteiger charge is -2.35. The molecule has 9 aromatic carbocycles. The second-order valence-electron chi connectivity index (χ2n) is 14.6. The Kier molecular flexibility index (Phi) is 7.88. The molecule has 0 saturated heterocycles. The number of hydrogen-bond acceptors (Lipinski definition) is 1. The minimum atomic E-state index is -0.692. The number of anilines is 2. The van der Waals surface area contributed by atoms with Gasteiger partial charge in [0.2, 0.25) is 0 Å². The van der Waals surface area contributed by atoms with E-state index in [1.165, 1.54) is 5.56 Å². The number of fused-ring (bicyclic) bond motifs is 6. The van der Waals surface area contributed by atoms with Gasteiger partial charge in [-0.1, -0.05) is 201 Å². The van der Waals surface area contributed by atoms with Crippen LogP contribution in [0.25, 0.3) is 49.9 Å². The molecule has 0 amide bonds. The molecule has 0 aromatic heterocycles. The SMILES string of the molecule is [2H]C=C([2H])/C(=C([2H])\C([2H])=C\c1cc2ccccc2c2ccccc12)N(c1cccc(-c2ccccc2)c1)c1ccc2c(c1)C(c1ccccc1)(c1ccccc1)c1ccccc1-2. The van der Waals surface area contributed by atoms with Gasteiger partial charge in [-0.25, -0.2) is 0 Å². The topological polar surface area (TPSA) is 3.24 Å². The zero-order valence-corrected chi connectivity index (χ0v) is 31.8. The van der Waals surface area contributed by atoms with E-state index in [-0.39, 0.29) is 23.9 Å². The summed E-state index contributed by atoms with van der Waals surface area (Å²) in [6, 6.07) is 72.4. The molecule has 0 radical (unpaired) electrons. The molecular formula is C57H41N. The highest BCUT2D eigenvalue weighted by atomic mass is 15.1. The number of rotatable bonds is 9. The fourth-order valence-corrected chi connectivity index (χ4v) is 8.98. The summed E-state index contributed by atoms with van der Waals surface area (Å²) in [5, 5.41) is 4.18. The van der Waals surface area contributed by atoms with Crippen molar-refractivity contribution in [1.82, 2.24) is 0 Å². The first-order chi connectivity index (χ1) is 30.5. The summed E-state index contributed by atoms with van der Waals surface area (Å²) in [5.41, 5.74) is 10.3. The van der Waals surface area contributed by atoms with Crippen LogP contribution in [0.1, 0.15) is 33.3 Å². The summed E-state index contributed by atoms with van der Waals surface area (Å²) in [7, 11) is 0. The van der Waals surface area contributed by atoms with Crippen LogP contribution in [0, 0.1) is 0 Å². The maximum Gasteiger partial charge on any atom is 0.0714 e. The third kappa shape index (κ3) is 5.88. The molecule has 0 aliphatic heterocycles. The third-order valence-corrected chi connectivity index (χ3v) is 11.5. The van der Waals surface area contributed by atoms with Crippen molar-refractivity contribution in [2.45, 2.75) is 5.41 Å². The first-order valence-electron chi connectivity index (χ1n) is 21.7. The van der Waals surface area contributed by atoms with Crippen LogP contribution >= 0.6 is 0 Å². The molecule has 1 heteroatoms. The van der Waals surface area contributed by atoms with E-state index in [0.717, 1.165) is 72.6 Å². The Morgan fingerprint density at radius 3 is 1.86 bits per heavy atom. The normalized spacial score (nSPS) is 14.8. The van der Waals surface area contributed by atoms with Gasteiger partial charge in [0.25, 0.3) is 0 Å². The van der Waals surface area contributed by atoms with E-state index in [2.05, 4.69) is 133 Å². The molecule has 0 saturated carbocycles. The lowest BCUT2D eigenvalue weighted by molar-refractivity contribution is 0.768. The molecule has 9 aromatic rings. The second kappa shape index (κ2) is 14.9. The van der Waals surface area contributed by atoms with E-state index in [9.17, 15) is 4.11 Å². The molecule has 0 spiro atoms. The summed E-state index contributed by atoms with van der Waals surface area (Å²) < 4.78 is 37.4. The van der Waals surface area contributed by atoms with Gasteiger partial charge in [-0.05, 0) is 114 Å². The van der Waals surface area contributed by atoms with Crippen molar-refractivity contribution in [2.75, 3.05) is 4.90 Å². The van der Waals surface area contributed by atoms with Crippen molar-refractivity contribution in [3.8, 4) is 22.3 Å². The fraction of sp³-hybridized carbons (Fsp3) is 0.0175. The first-order valence-corrected chi connectivity index (χ1v) is 19.6. The van der Waals surface area contributed by atoms with Crippen molar-refractivity contribution in [3.63, 3.8) is 0 Å². The fourth-order valence-electron chi connectivity index (χ4n) is 8.98. The Morgan fingerprint density at radius 2 is 1.10 bits per heavy atom. The first kappa shape index (κ1) is 30.7. The highest BCUT2D eigenvalue weighted by molar-refractivity contribution is 6.10. The van der Waals surface area contributed by atoms with Crippen LogP contribution in [0.5, 0.6) is 0 Å². The van der Waals surface area contributed by atoms with E-state index >= 15 is 0 Å². The van der Waals surface area contributed by atoms with Gasteiger partial charge < -0.3 is 4.90 Å². The molecule has 274 valence electrons. The van der Waals surface area contributed by atoms with Crippen LogP contribution in [-0.4, -0.2) is 0 Å². The summed E-state index contributed by atoms with van der Waals surface area (Å²) in [6.45, 7) is 0.970. The van der Waals surface area contributed by atoms with Gasteiger partial charge >= 0.3 is 0 Å². The average molecular weight is 744 g/mol. The zero-order chi connectivity index (χ0) is 42.2. The minimum absolute atomic E-state index is 0.0762. The third-order valence-electron chi connectivity index (χ3n) is 11.5. The second-order valence-corrected chi connectivity index (χ2v) is 14.6. The Labute approximate surface area is 346 Å². The monoisotopic (exact) mass is 743 g/mol. The van der Waals surface area contributed by atoms with Gasteiger partial charge in [0.15, 0.2) is 0 Å². The number of benzene rings is 9. The lowest BCUT2D eigenvalue weighted by atomic mass is 9.67. The molecule has 0 unspecified atom stereocenters. The summed E-state index contributed by atoms with van der Waals surface area (Å²) in [4.78, 5) is 1.90. The van der Waals surface area contributed by atoms with Crippen molar-refractivity contribution >= 4 is 39.0 Å². The average Bonchev–Trinajstić information content (AvgIpc) is 3.64. The van der Waals surface area contributed by atoms with Crippen molar-refractivity contribution in [3.05, 3.63) is 271 Å². The number of allylic oxidation sites excluding steroid dienone is 3. The van der Waals surface area contributed by atoms with E-state index in [1.54, 1.807) is 6.08 Å². The van der Waals surface area contributed by atoms with Crippen molar-refractivity contribution in [2.24, 2.45) is 0 Å². The molecule has 0 heterocycles. The highest BCUT2D eigenvalue weighted by Gasteiger charge is 2.46. The minimum Gasteiger partial charge on any atom is -0.310 e. The molecule has 0 N–H and O–H groups in total. The van der Waals surface area contributed by atoms with Crippen LogP contribution in [0.3, 0.4) is 0 Å². The summed E-state index contributed by atoms with van der Waals surface area (Å²) in [5.74, 6) is 0. The number of hydrogen-bond donors (Lipinski definition) is 0. The standard InChI is InChI=1S/C57H41N/c1-2-47(29-19-24-44-38-43-22-12-13-31-50(43)52-33-15-14-32-51(44)52)58(48-30-18-23-42(39-48)41-20-6-3-7-21-41)49-36-37-54-53-34-16-17-35-55(53)57(56(54)40-49,45-25-8-4-9-26-45)46-27-10-5-11-28-46/h2-40H,1H2/b24-19+,47-29+/i1D,2D,19D,29D/b2-1?,24-19+,47-29+. The largest absolute Gasteiger partial charge is 0.310 e. The van der Waals surface area contributed by atoms with Crippen LogP contribution in [0.2, 0.25) is 0 Å². The van der Waals surface area contributed by atoms with Crippen molar-refractivity contribution in [1.29, 1.82) is 0 Å². The molecular weight excluding hydrogens is 699 g/mol. The van der Waals surface area contributed by atoms with Gasteiger partial charge in [0.05, 0.1) is 10.9 Å². The Hall–Kier alpha value is -7.48. The van der Waals surface area contributed by atoms with Gasteiger partial charge in [-0.15, -0.1) is 0 Å². The molecule has 58 heavy (non-hydrogen) atoms. The Morgan fingerprint density at radius 1 is 0.500 bits per heavy atom. The number of nitrogens with zero attached hydrogens (tertiary/aromatic N) is 1. The maximum absolute atomic E-state index is 9.88. The van der Waals surface area contributed by atoms with Crippen LogP contribution in [-0.2, 0) is 5.41 Å². The highest BCUT2D eigenvalue weighted by Crippen LogP contribution is 2.57.